The molecule has 2 aromatic rings. The van der Waals surface area contributed by atoms with Crippen molar-refractivity contribution in [3.8, 4) is 0 Å². The molecular formula is C28H41N3O4S. The Labute approximate surface area is 216 Å². The number of hydrogen-bond donors (Lipinski definition) is 1. The molecule has 198 valence electrons. The minimum atomic E-state index is -3.52. The molecule has 0 radical (unpaired) electrons. The molecule has 0 bridgehead atoms. The molecule has 2 aromatic carbocycles. The van der Waals surface area contributed by atoms with Crippen LogP contribution in [0.15, 0.2) is 48.5 Å². The first-order valence-corrected chi connectivity index (χ1v) is 14.2. The zero-order chi connectivity index (χ0) is 27.1. The van der Waals surface area contributed by atoms with E-state index in [2.05, 4.69) is 5.32 Å². The zero-order valence-corrected chi connectivity index (χ0v) is 23.5. The average Bonchev–Trinajstić information content (AvgIpc) is 2.74. The summed E-state index contributed by atoms with van der Waals surface area (Å²) < 4.78 is 26.4. The summed E-state index contributed by atoms with van der Waals surface area (Å²) >= 11 is 0. The van der Waals surface area contributed by atoms with Gasteiger partial charge in [-0.25, -0.2) is 8.42 Å². The van der Waals surface area contributed by atoms with Crippen molar-refractivity contribution in [1.29, 1.82) is 0 Å². The summed E-state index contributed by atoms with van der Waals surface area (Å²) in [5, 5.41) is 2.96. The third-order valence-corrected chi connectivity index (χ3v) is 6.99. The topological polar surface area (TPSA) is 86.8 Å². The van der Waals surface area contributed by atoms with E-state index in [1.165, 1.54) is 10.6 Å². The molecule has 0 aromatic heterocycles. The van der Waals surface area contributed by atoms with E-state index in [4.69, 9.17) is 0 Å². The maximum atomic E-state index is 13.3. The Hall–Kier alpha value is -2.87. The second-order valence-corrected chi connectivity index (χ2v) is 12.4. The minimum Gasteiger partial charge on any atom is -0.350 e. The van der Waals surface area contributed by atoms with Gasteiger partial charge < -0.3 is 10.2 Å². The van der Waals surface area contributed by atoms with Crippen LogP contribution in [0.3, 0.4) is 0 Å². The van der Waals surface area contributed by atoms with E-state index < -0.39 is 21.6 Å². The second kappa shape index (κ2) is 12.4. The number of aryl methyl sites for hydroxylation is 2. The zero-order valence-electron chi connectivity index (χ0n) is 22.7. The molecule has 0 heterocycles. The highest BCUT2D eigenvalue weighted by molar-refractivity contribution is 7.92. The Kier molecular flexibility index (Phi) is 10.1. The van der Waals surface area contributed by atoms with Crippen molar-refractivity contribution < 1.29 is 18.0 Å². The van der Waals surface area contributed by atoms with Gasteiger partial charge in [-0.1, -0.05) is 36.4 Å². The first-order valence-electron chi connectivity index (χ1n) is 12.4. The van der Waals surface area contributed by atoms with Crippen LogP contribution >= 0.6 is 0 Å². The van der Waals surface area contributed by atoms with Gasteiger partial charge in [0.15, 0.2) is 0 Å². The van der Waals surface area contributed by atoms with Gasteiger partial charge in [0, 0.05) is 25.0 Å². The fourth-order valence-electron chi connectivity index (χ4n) is 4.14. The lowest BCUT2D eigenvalue weighted by molar-refractivity contribution is -0.140. The van der Waals surface area contributed by atoms with Crippen molar-refractivity contribution in [2.24, 2.45) is 0 Å². The summed E-state index contributed by atoms with van der Waals surface area (Å²) in [4.78, 5) is 27.8. The standard InChI is InChI=1S/C28H41N3O4S/c1-21-18-22(2)20-25(19-21)31(36(7,34)35)16-11-14-26(32)30(17-15-24-12-9-8-10-13-24)23(3)27(33)29-28(4,5)6/h8-10,12-13,18-20,23H,11,14-17H2,1-7H3,(H,29,33)/t23-/m0/s1. The quantitative estimate of drug-likeness (QED) is 0.485. The predicted octanol–water partition coefficient (Wildman–Crippen LogP) is 4.22. The molecule has 0 aliphatic rings. The highest BCUT2D eigenvalue weighted by Gasteiger charge is 2.28. The molecule has 0 aliphatic heterocycles. The normalized spacial score (nSPS) is 12.6. The van der Waals surface area contributed by atoms with Gasteiger partial charge in [-0.2, -0.15) is 0 Å². The summed E-state index contributed by atoms with van der Waals surface area (Å²) in [6.45, 7) is 11.9. The number of amides is 2. The third-order valence-electron chi connectivity index (χ3n) is 5.80. The van der Waals surface area contributed by atoms with Crippen molar-refractivity contribution >= 4 is 27.5 Å². The third kappa shape index (κ3) is 9.30. The summed E-state index contributed by atoms with van der Waals surface area (Å²) in [5.41, 5.74) is 3.21. The van der Waals surface area contributed by atoms with Crippen LogP contribution in [-0.2, 0) is 26.0 Å². The van der Waals surface area contributed by atoms with Crippen molar-refractivity contribution in [3.05, 3.63) is 65.2 Å². The van der Waals surface area contributed by atoms with E-state index in [9.17, 15) is 18.0 Å². The highest BCUT2D eigenvalue weighted by Crippen LogP contribution is 2.22. The van der Waals surface area contributed by atoms with E-state index in [1.807, 2.05) is 83.1 Å². The number of nitrogens with zero attached hydrogens (tertiary/aromatic N) is 2. The van der Waals surface area contributed by atoms with E-state index in [0.717, 1.165) is 16.7 Å². The van der Waals surface area contributed by atoms with Crippen LogP contribution < -0.4 is 9.62 Å². The number of carbonyl (C=O) groups excluding carboxylic acids is 2. The molecule has 2 rings (SSSR count). The Balaban J connectivity index is 2.15. The Morgan fingerprint density at radius 1 is 0.972 bits per heavy atom. The SMILES string of the molecule is Cc1cc(C)cc(N(CCCC(=O)N(CCc2ccccc2)[C@@H](C)C(=O)NC(C)(C)C)S(C)(=O)=O)c1. The lowest BCUT2D eigenvalue weighted by Gasteiger charge is -2.32. The van der Waals surface area contributed by atoms with Crippen LogP contribution in [0, 0.1) is 13.8 Å². The van der Waals surface area contributed by atoms with Crippen LogP contribution in [-0.4, -0.2) is 56.1 Å². The predicted molar refractivity (Wildman–Crippen MR) is 147 cm³/mol. The smallest absolute Gasteiger partial charge is 0.242 e. The number of benzene rings is 2. The summed E-state index contributed by atoms with van der Waals surface area (Å²) in [6.07, 6.45) is 2.28. The number of carbonyl (C=O) groups is 2. The molecule has 7 nitrogen and oxygen atoms in total. The van der Waals surface area contributed by atoms with E-state index in [0.29, 0.717) is 25.1 Å². The number of sulfonamides is 1. The summed E-state index contributed by atoms with van der Waals surface area (Å²) in [7, 11) is -3.52. The molecule has 0 fully saturated rings. The fraction of sp³-hybridized carbons (Fsp3) is 0.500. The Morgan fingerprint density at radius 2 is 1.56 bits per heavy atom. The van der Waals surface area contributed by atoms with Gasteiger partial charge >= 0.3 is 0 Å². The van der Waals surface area contributed by atoms with Gasteiger partial charge in [0.25, 0.3) is 0 Å². The van der Waals surface area contributed by atoms with Crippen molar-refractivity contribution in [3.63, 3.8) is 0 Å². The van der Waals surface area contributed by atoms with Gasteiger partial charge in [-0.05, 0) is 83.2 Å². The van der Waals surface area contributed by atoms with Gasteiger partial charge in [0.05, 0.1) is 11.9 Å². The van der Waals surface area contributed by atoms with Gasteiger partial charge in [-0.3, -0.25) is 13.9 Å². The number of anilines is 1. The molecule has 0 spiro atoms. The van der Waals surface area contributed by atoms with Crippen molar-refractivity contribution in [2.75, 3.05) is 23.7 Å². The molecule has 0 saturated heterocycles. The fourth-order valence-corrected chi connectivity index (χ4v) is 5.09. The molecular weight excluding hydrogens is 474 g/mol. The lowest BCUT2D eigenvalue weighted by Crippen LogP contribution is -2.53. The van der Waals surface area contributed by atoms with Crippen molar-refractivity contribution in [2.45, 2.75) is 72.4 Å². The monoisotopic (exact) mass is 515 g/mol. The molecule has 1 N–H and O–H groups in total. The molecule has 36 heavy (non-hydrogen) atoms. The molecule has 0 saturated carbocycles. The van der Waals surface area contributed by atoms with E-state index in [-0.39, 0.29) is 24.8 Å². The maximum absolute atomic E-state index is 13.3. The van der Waals surface area contributed by atoms with Gasteiger partial charge in [0.1, 0.15) is 6.04 Å². The molecule has 2 amide bonds. The van der Waals surface area contributed by atoms with E-state index in [1.54, 1.807) is 11.8 Å². The minimum absolute atomic E-state index is 0.138. The van der Waals surface area contributed by atoms with Gasteiger partial charge in [-0.15, -0.1) is 0 Å². The van der Waals surface area contributed by atoms with Gasteiger partial charge in [0.2, 0.25) is 21.8 Å². The highest BCUT2D eigenvalue weighted by atomic mass is 32.2. The first kappa shape index (κ1) is 29.4. The largest absolute Gasteiger partial charge is 0.350 e. The van der Waals surface area contributed by atoms with Crippen LogP contribution in [0.5, 0.6) is 0 Å². The summed E-state index contributed by atoms with van der Waals surface area (Å²) in [5.74, 6) is -0.381. The van der Waals surface area contributed by atoms with Crippen LogP contribution in [0.25, 0.3) is 0 Å². The van der Waals surface area contributed by atoms with Crippen LogP contribution in [0.4, 0.5) is 5.69 Å². The Bertz CT molecular complexity index is 1120. The number of nitrogens with one attached hydrogen (secondary N) is 1. The van der Waals surface area contributed by atoms with Crippen LogP contribution in [0.2, 0.25) is 0 Å². The molecule has 0 unspecified atom stereocenters. The first-order chi connectivity index (χ1) is 16.7. The molecule has 8 heteroatoms. The number of rotatable bonds is 11. The van der Waals surface area contributed by atoms with Crippen molar-refractivity contribution in [1.82, 2.24) is 10.2 Å². The lowest BCUT2D eigenvalue weighted by atomic mass is 10.1. The number of hydrogen-bond acceptors (Lipinski definition) is 4. The van der Waals surface area contributed by atoms with Crippen LogP contribution in [0.1, 0.15) is 57.2 Å². The summed E-state index contributed by atoms with van der Waals surface area (Å²) in [6, 6.07) is 14.8. The molecule has 1 atom stereocenters. The Morgan fingerprint density at radius 3 is 2.08 bits per heavy atom. The average molecular weight is 516 g/mol. The van der Waals surface area contributed by atoms with E-state index >= 15 is 0 Å². The second-order valence-electron chi connectivity index (χ2n) is 10.5. The maximum Gasteiger partial charge on any atom is 0.242 e. The molecule has 0 aliphatic carbocycles.